The van der Waals surface area contributed by atoms with Crippen molar-refractivity contribution in [2.75, 3.05) is 0 Å². The third-order valence-electron chi connectivity index (χ3n) is 1.65. The number of hydrogen-bond donors (Lipinski definition) is 0. The quantitative estimate of drug-likeness (QED) is 0.647. The first-order chi connectivity index (χ1) is 7.25. The van der Waals surface area contributed by atoms with Crippen LogP contribution in [0.1, 0.15) is 4.88 Å². The van der Waals surface area contributed by atoms with E-state index < -0.39 is 11.2 Å². The summed E-state index contributed by atoms with van der Waals surface area (Å²) in [4.78, 5) is 9.09. The van der Waals surface area contributed by atoms with Crippen molar-refractivity contribution < 1.29 is 4.55 Å². The normalized spacial score (nSPS) is 12.7. The first-order valence-electron chi connectivity index (χ1n) is 4.14. The molecule has 2 aromatic heterocycles. The van der Waals surface area contributed by atoms with Gasteiger partial charge in [0.2, 0.25) is 0 Å². The molecule has 0 spiro atoms. The molecular weight excluding hydrogens is 296 g/mol. The standard InChI is InChI=1S/C9H7BrN2OS2/c10-7-4-11-9(12-5-7)15(13)6-8-2-1-3-14-8/h1-5H,6H2. The van der Waals surface area contributed by atoms with Crippen LogP contribution in [0.25, 0.3) is 0 Å². The molecule has 0 fully saturated rings. The van der Waals surface area contributed by atoms with Crippen LogP contribution in [0, 0.1) is 0 Å². The predicted molar refractivity (Wildman–Crippen MR) is 64.2 cm³/mol. The van der Waals surface area contributed by atoms with Crippen molar-refractivity contribution in [3.63, 3.8) is 0 Å². The Balaban J connectivity index is 2.08. The number of nitrogens with zero attached hydrogens (tertiary/aromatic N) is 2. The van der Waals surface area contributed by atoms with Crippen molar-refractivity contribution in [1.29, 1.82) is 0 Å². The first kappa shape index (κ1) is 11.1. The van der Waals surface area contributed by atoms with E-state index in [9.17, 15) is 4.55 Å². The van der Waals surface area contributed by atoms with E-state index in [0.717, 1.165) is 9.35 Å². The fraction of sp³-hybridized carbons (Fsp3) is 0.111. The topological polar surface area (TPSA) is 48.8 Å². The van der Waals surface area contributed by atoms with Gasteiger partial charge >= 0.3 is 5.16 Å². The molecule has 0 aromatic carbocycles. The van der Waals surface area contributed by atoms with E-state index in [-0.39, 0.29) is 0 Å². The summed E-state index contributed by atoms with van der Waals surface area (Å²) in [7, 11) is 0. The van der Waals surface area contributed by atoms with Crippen molar-refractivity contribution in [1.82, 2.24) is 9.97 Å². The van der Waals surface area contributed by atoms with Crippen LogP contribution < -0.4 is 0 Å². The molecule has 2 heterocycles. The number of thiophene rings is 1. The highest BCUT2D eigenvalue weighted by molar-refractivity contribution is 9.10. The van der Waals surface area contributed by atoms with E-state index in [2.05, 4.69) is 25.9 Å². The molecule has 0 radical (unpaired) electrons. The highest BCUT2D eigenvalue weighted by atomic mass is 79.9. The van der Waals surface area contributed by atoms with Crippen LogP contribution >= 0.6 is 27.3 Å². The van der Waals surface area contributed by atoms with Gasteiger partial charge in [0.15, 0.2) is 0 Å². The van der Waals surface area contributed by atoms with Gasteiger partial charge in [0, 0.05) is 23.6 Å². The summed E-state index contributed by atoms with van der Waals surface area (Å²) in [6, 6.07) is 3.90. The minimum atomic E-state index is -1.15. The Labute approximate surface area is 103 Å². The maximum absolute atomic E-state index is 11.8. The maximum Gasteiger partial charge on any atom is 0.343 e. The maximum atomic E-state index is 11.8. The highest BCUT2D eigenvalue weighted by Crippen LogP contribution is 2.17. The van der Waals surface area contributed by atoms with Gasteiger partial charge in [-0.05, 0) is 27.4 Å². The van der Waals surface area contributed by atoms with Crippen LogP contribution in [-0.4, -0.2) is 14.5 Å². The molecule has 6 heteroatoms. The van der Waals surface area contributed by atoms with Crippen LogP contribution in [0.15, 0.2) is 39.5 Å². The molecule has 2 aromatic rings. The monoisotopic (exact) mass is 302 g/mol. The SMILES string of the molecule is [O-][S+](Cc1cccs1)c1ncc(Br)cn1. The van der Waals surface area contributed by atoms with Gasteiger partial charge in [0.25, 0.3) is 0 Å². The van der Waals surface area contributed by atoms with Crippen molar-refractivity contribution in [2.45, 2.75) is 10.9 Å². The Bertz CT molecular complexity index is 418. The molecule has 0 aliphatic heterocycles. The number of aromatic nitrogens is 2. The lowest BCUT2D eigenvalue weighted by molar-refractivity contribution is 0.585. The van der Waals surface area contributed by atoms with Crippen LogP contribution in [0.2, 0.25) is 0 Å². The van der Waals surface area contributed by atoms with Gasteiger partial charge < -0.3 is 4.55 Å². The van der Waals surface area contributed by atoms with Crippen LogP contribution in [0.5, 0.6) is 0 Å². The van der Waals surface area contributed by atoms with Gasteiger partial charge in [0.1, 0.15) is 5.75 Å². The lowest BCUT2D eigenvalue weighted by Gasteiger charge is -2.06. The van der Waals surface area contributed by atoms with Gasteiger partial charge in [-0.15, -0.1) is 11.3 Å². The zero-order chi connectivity index (χ0) is 10.7. The Morgan fingerprint density at radius 1 is 1.40 bits per heavy atom. The molecule has 78 valence electrons. The molecule has 0 bridgehead atoms. The summed E-state index contributed by atoms with van der Waals surface area (Å²) in [5.41, 5.74) is 0. The molecule has 1 atom stereocenters. The zero-order valence-electron chi connectivity index (χ0n) is 7.59. The Kier molecular flexibility index (Phi) is 3.74. The minimum absolute atomic E-state index is 0.381. The average Bonchev–Trinajstić information content (AvgIpc) is 2.71. The molecule has 0 aliphatic rings. The van der Waals surface area contributed by atoms with Crippen LogP contribution in [0.3, 0.4) is 0 Å². The smallest absolute Gasteiger partial charge is 0.343 e. The fourth-order valence-electron chi connectivity index (χ4n) is 1.01. The number of hydrogen-bond acceptors (Lipinski definition) is 4. The van der Waals surface area contributed by atoms with Crippen LogP contribution in [-0.2, 0) is 16.9 Å². The van der Waals surface area contributed by atoms with E-state index in [4.69, 9.17) is 0 Å². The molecule has 3 nitrogen and oxygen atoms in total. The lowest BCUT2D eigenvalue weighted by atomic mass is 10.5. The second-order valence-corrected chi connectivity index (χ2v) is 6.05. The molecule has 15 heavy (non-hydrogen) atoms. The second kappa shape index (κ2) is 5.07. The van der Waals surface area contributed by atoms with Gasteiger partial charge in [0.05, 0.1) is 9.35 Å². The number of rotatable bonds is 3. The third kappa shape index (κ3) is 3.01. The Morgan fingerprint density at radius 2 is 2.13 bits per heavy atom. The molecule has 0 saturated heterocycles. The van der Waals surface area contributed by atoms with Gasteiger partial charge in [-0.3, -0.25) is 0 Å². The summed E-state index contributed by atoms with van der Waals surface area (Å²) in [5, 5.41) is 2.35. The third-order valence-corrected chi connectivity index (χ3v) is 4.31. The molecule has 1 unspecified atom stereocenters. The minimum Gasteiger partial charge on any atom is -0.609 e. The van der Waals surface area contributed by atoms with Gasteiger partial charge in [-0.1, -0.05) is 6.07 Å². The van der Waals surface area contributed by atoms with Crippen LogP contribution in [0.4, 0.5) is 0 Å². The largest absolute Gasteiger partial charge is 0.609 e. The molecule has 2 rings (SSSR count). The predicted octanol–water partition coefficient (Wildman–Crippen LogP) is 2.61. The van der Waals surface area contributed by atoms with Crippen molar-refractivity contribution in [3.05, 3.63) is 39.3 Å². The molecular formula is C9H7BrN2OS2. The van der Waals surface area contributed by atoms with Crippen molar-refractivity contribution in [2.24, 2.45) is 0 Å². The zero-order valence-corrected chi connectivity index (χ0v) is 10.8. The first-order valence-corrected chi connectivity index (χ1v) is 7.13. The van der Waals surface area contributed by atoms with E-state index in [1.807, 2.05) is 17.5 Å². The Hall–Kier alpha value is -0.430. The second-order valence-electron chi connectivity index (χ2n) is 2.75. The summed E-state index contributed by atoms with van der Waals surface area (Å²) >= 11 is 3.67. The van der Waals surface area contributed by atoms with E-state index in [0.29, 0.717) is 10.9 Å². The lowest BCUT2D eigenvalue weighted by Crippen LogP contribution is -2.08. The molecule has 0 amide bonds. The summed E-state index contributed by atoms with van der Waals surface area (Å²) in [6.07, 6.45) is 3.21. The molecule has 0 saturated carbocycles. The van der Waals surface area contributed by atoms with Gasteiger partial charge in [-0.25, -0.2) is 0 Å². The highest BCUT2D eigenvalue weighted by Gasteiger charge is 2.15. The van der Waals surface area contributed by atoms with Crippen molar-refractivity contribution in [3.8, 4) is 0 Å². The fourth-order valence-corrected chi connectivity index (χ4v) is 3.12. The number of halogens is 1. The summed E-state index contributed by atoms with van der Waals surface area (Å²) in [5.74, 6) is 0.485. The van der Waals surface area contributed by atoms with E-state index >= 15 is 0 Å². The molecule has 0 aliphatic carbocycles. The average molecular weight is 303 g/mol. The summed E-state index contributed by atoms with van der Waals surface area (Å²) < 4.78 is 12.6. The van der Waals surface area contributed by atoms with E-state index in [1.54, 1.807) is 23.7 Å². The van der Waals surface area contributed by atoms with Gasteiger partial charge in [-0.2, -0.15) is 9.97 Å². The molecule has 0 N–H and O–H groups in total. The Morgan fingerprint density at radius 3 is 2.73 bits per heavy atom. The summed E-state index contributed by atoms with van der Waals surface area (Å²) in [6.45, 7) is 0. The van der Waals surface area contributed by atoms with Crippen molar-refractivity contribution >= 4 is 38.4 Å². The van der Waals surface area contributed by atoms with E-state index in [1.165, 1.54) is 0 Å².